The van der Waals surface area contributed by atoms with Gasteiger partial charge in [-0.2, -0.15) is 0 Å². The zero-order chi connectivity index (χ0) is 40.8. The quantitative estimate of drug-likeness (QED) is 0.0269. The Labute approximate surface area is 343 Å². The lowest BCUT2D eigenvalue weighted by Crippen LogP contribution is -2.30. The van der Waals surface area contributed by atoms with Crippen LogP contribution in [0.4, 0.5) is 0 Å². The van der Waals surface area contributed by atoms with E-state index in [0.29, 0.717) is 12.8 Å². The van der Waals surface area contributed by atoms with Crippen LogP contribution in [0.5, 0.6) is 0 Å². The maximum atomic E-state index is 12.6. The summed E-state index contributed by atoms with van der Waals surface area (Å²) in [5.41, 5.74) is 0. The molecule has 56 heavy (non-hydrogen) atoms. The molecule has 0 saturated carbocycles. The van der Waals surface area contributed by atoms with E-state index in [1.165, 1.54) is 44.9 Å². The number of allylic oxidation sites excluding steroid dienone is 15. The van der Waals surface area contributed by atoms with E-state index in [1.807, 2.05) is 6.08 Å². The molecule has 0 aromatic rings. The second-order valence-corrected chi connectivity index (χ2v) is 14.2. The lowest BCUT2D eigenvalue weighted by atomic mass is 10.1. The molecule has 1 atom stereocenters. The maximum Gasteiger partial charge on any atom is 0.310 e. The molecule has 0 aromatic heterocycles. The number of esters is 3. The molecular weight excluding hydrogens is 697 g/mol. The molecule has 0 N–H and O–H groups in total. The van der Waals surface area contributed by atoms with Gasteiger partial charge in [0, 0.05) is 12.8 Å². The summed E-state index contributed by atoms with van der Waals surface area (Å²) < 4.78 is 16.5. The summed E-state index contributed by atoms with van der Waals surface area (Å²) in [6, 6.07) is 0. The number of carbonyl (C=O) groups excluding carboxylic acids is 3. The zero-order valence-electron chi connectivity index (χ0n) is 35.9. The monoisotopic (exact) mass is 777 g/mol. The highest BCUT2D eigenvalue weighted by atomic mass is 16.6. The molecule has 6 nitrogen and oxygen atoms in total. The van der Waals surface area contributed by atoms with Crippen molar-refractivity contribution in [2.75, 3.05) is 13.2 Å². The largest absolute Gasteiger partial charge is 0.462 e. The molecule has 0 radical (unpaired) electrons. The zero-order valence-corrected chi connectivity index (χ0v) is 35.9. The molecule has 0 rings (SSSR count). The van der Waals surface area contributed by atoms with Gasteiger partial charge in [-0.3, -0.25) is 14.4 Å². The third kappa shape index (κ3) is 41.5. The van der Waals surface area contributed by atoms with Gasteiger partial charge in [-0.15, -0.1) is 0 Å². The van der Waals surface area contributed by atoms with Gasteiger partial charge >= 0.3 is 17.9 Å². The number of carbonyl (C=O) groups is 3. The second kappa shape index (κ2) is 44.0. The molecule has 0 spiro atoms. The normalized spacial score (nSPS) is 13.0. The van der Waals surface area contributed by atoms with Gasteiger partial charge in [-0.1, -0.05) is 182 Å². The minimum absolute atomic E-state index is 0.0927. The number of hydrogen-bond acceptors (Lipinski definition) is 6. The van der Waals surface area contributed by atoms with Crippen molar-refractivity contribution < 1.29 is 28.6 Å². The third-order valence-electron chi connectivity index (χ3n) is 8.87. The molecule has 0 saturated heterocycles. The van der Waals surface area contributed by atoms with Crippen molar-refractivity contribution in [2.45, 2.75) is 187 Å². The molecule has 0 aliphatic heterocycles. The van der Waals surface area contributed by atoms with Crippen molar-refractivity contribution in [3.63, 3.8) is 0 Å². The molecule has 0 amide bonds. The van der Waals surface area contributed by atoms with Crippen LogP contribution in [-0.2, 0) is 28.6 Å². The Balaban J connectivity index is 4.43. The summed E-state index contributed by atoms with van der Waals surface area (Å²) in [6.45, 7) is 6.22. The van der Waals surface area contributed by atoms with Gasteiger partial charge in [0.1, 0.15) is 13.2 Å². The topological polar surface area (TPSA) is 78.9 Å². The molecular formula is C50H80O6. The van der Waals surface area contributed by atoms with Crippen molar-refractivity contribution in [1.82, 2.24) is 0 Å². The summed E-state index contributed by atoms with van der Waals surface area (Å²) in [4.78, 5) is 37.5. The van der Waals surface area contributed by atoms with Crippen molar-refractivity contribution in [1.29, 1.82) is 0 Å². The number of unbranched alkanes of at least 4 members (excludes halogenated alkanes) is 12. The number of rotatable bonds is 38. The highest BCUT2D eigenvalue weighted by Gasteiger charge is 2.19. The highest BCUT2D eigenvalue weighted by molar-refractivity contribution is 5.72. The number of hydrogen-bond donors (Lipinski definition) is 0. The summed E-state index contributed by atoms with van der Waals surface area (Å²) in [7, 11) is 0. The van der Waals surface area contributed by atoms with Gasteiger partial charge in [-0.25, -0.2) is 0 Å². The minimum Gasteiger partial charge on any atom is -0.462 e. The summed E-state index contributed by atoms with van der Waals surface area (Å²) in [5.74, 6) is -1.08. The van der Waals surface area contributed by atoms with Crippen LogP contribution in [0.3, 0.4) is 0 Å². The van der Waals surface area contributed by atoms with Crippen LogP contribution >= 0.6 is 0 Å². The Kier molecular flexibility index (Phi) is 41.2. The average molecular weight is 777 g/mol. The molecule has 6 heteroatoms. The fraction of sp³-hybridized carbons (Fsp3) is 0.620. The summed E-state index contributed by atoms with van der Waals surface area (Å²) in [5, 5.41) is 0. The first-order chi connectivity index (χ1) is 27.5. The van der Waals surface area contributed by atoms with E-state index in [0.717, 1.165) is 96.3 Å². The second-order valence-electron chi connectivity index (χ2n) is 14.2. The predicted molar refractivity (Wildman–Crippen MR) is 237 cm³/mol. The van der Waals surface area contributed by atoms with Crippen molar-refractivity contribution in [3.8, 4) is 0 Å². The van der Waals surface area contributed by atoms with Crippen LogP contribution in [0.15, 0.2) is 97.2 Å². The Morgan fingerprint density at radius 2 is 0.750 bits per heavy atom. The van der Waals surface area contributed by atoms with E-state index >= 15 is 0 Å². The van der Waals surface area contributed by atoms with Gasteiger partial charge in [0.15, 0.2) is 6.10 Å². The first-order valence-electron chi connectivity index (χ1n) is 22.2. The van der Waals surface area contributed by atoms with E-state index in [2.05, 4.69) is 106 Å². The van der Waals surface area contributed by atoms with Gasteiger partial charge in [0.05, 0.1) is 6.42 Å². The van der Waals surface area contributed by atoms with Crippen LogP contribution in [0, 0.1) is 0 Å². The first kappa shape index (κ1) is 52.3. The van der Waals surface area contributed by atoms with Crippen LogP contribution in [0.25, 0.3) is 0 Å². The van der Waals surface area contributed by atoms with Crippen LogP contribution < -0.4 is 0 Å². The fourth-order valence-corrected chi connectivity index (χ4v) is 5.59. The molecule has 0 fully saturated rings. The minimum atomic E-state index is -0.832. The molecule has 0 aliphatic rings. The smallest absolute Gasteiger partial charge is 0.310 e. The predicted octanol–water partition coefficient (Wildman–Crippen LogP) is 14.2. The Hall–Kier alpha value is -3.67. The highest BCUT2D eigenvalue weighted by Crippen LogP contribution is 2.12. The Bertz CT molecular complexity index is 1170. The molecule has 0 aliphatic carbocycles. The van der Waals surface area contributed by atoms with Gasteiger partial charge in [0.25, 0.3) is 0 Å². The van der Waals surface area contributed by atoms with Crippen LogP contribution in [0.2, 0.25) is 0 Å². The van der Waals surface area contributed by atoms with Gasteiger partial charge in [-0.05, 0) is 77.0 Å². The average Bonchev–Trinajstić information content (AvgIpc) is 3.19. The maximum absolute atomic E-state index is 12.6. The van der Waals surface area contributed by atoms with Gasteiger partial charge in [0.2, 0.25) is 0 Å². The SMILES string of the molecule is CC/C=C\C/C=C\C/C=C\C/C=C\C/C=C\CC(=O)OC(COC(=O)CCCCCCCC)COC(=O)CCCCCCCCC/C=C\C/C=C\C/C=C\CC. The van der Waals surface area contributed by atoms with Crippen molar-refractivity contribution in [2.24, 2.45) is 0 Å². The summed E-state index contributed by atoms with van der Waals surface area (Å²) in [6.07, 6.45) is 57.2. The molecule has 316 valence electrons. The van der Waals surface area contributed by atoms with E-state index in [9.17, 15) is 14.4 Å². The Morgan fingerprint density at radius 1 is 0.393 bits per heavy atom. The lowest BCUT2D eigenvalue weighted by molar-refractivity contribution is -0.166. The molecule has 0 bridgehead atoms. The van der Waals surface area contributed by atoms with Crippen molar-refractivity contribution >= 4 is 17.9 Å². The van der Waals surface area contributed by atoms with Crippen molar-refractivity contribution in [3.05, 3.63) is 97.2 Å². The van der Waals surface area contributed by atoms with Crippen LogP contribution in [0.1, 0.15) is 181 Å². The standard InChI is InChI=1S/C50H80O6/c1-4-7-10-13-16-18-20-22-24-25-27-28-30-32-34-37-40-43-49(52)55-46-47(45-54-48(51)42-39-36-15-12-9-6-3)56-50(53)44-41-38-35-33-31-29-26-23-21-19-17-14-11-8-5-2/h7-8,10-11,16-19,22-24,26,31,33,38,41,47H,4-6,9,12-15,20-21,25,27-30,32,34-37,39-40,42-46H2,1-3H3/b10-7-,11-8-,18-16-,19-17-,24-22-,26-23-,33-31-,41-38-. The van der Waals surface area contributed by atoms with Crippen LogP contribution in [-0.4, -0.2) is 37.2 Å². The Morgan fingerprint density at radius 3 is 1.18 bits per heavy atom. The van der Waals surface area contributed by atoms with E-state index in [-0.39, 0.29) is 31.6 Å². The third-order valence-corrected chi connectivity index (χ3v) is 8.87. The first-order valence-corrected chi connectivity index (χ1v) is 22.2. The van der Waals surface area contributed by atoms with E-state index in [4.69, 9.17) is 14.2 Å². The molecule has 0 heterocycles. The molecule has 0 aromatic carbocycles. The van der Waals surface area contributed by atoms with Gasteiger partial charge < -0.3 is 14.2 Å². The molecule has 1 unspecified atom stereocenters. The van der Waals surface area contributed by atoms with E-state index in [1.54, 1.807) is 6.08 Å². The lowest BCUT2D eigenvalue weighted by Gasteiger charge is -2.18. The summed E-state index contributed by atoms with van der Waals surface area (Å²) >= 11 is 0. The van der Waals surface area contributed by atoms with E-state index < -0.39 is 12.1 Å². The fourth-order valence-electron chi connectivity index (χ4n) is 5.59. The number of ether oxygens (including phenoxy) is 3.